The minimum Gasteiger partial charge on any atom is -0.445 e. The van der Waals surface area contributed by atoms with Gasteiger partial charge in [-0.3, -0.25) is 14.4 Å². The molecular formula is C22H26N4O5. The fraction of sp³-hybridized carbons (Fsp3) is 0.273. The van der Waals surface area contributed by atoms with Crippen LogP contribution in [-0.4, -0.2) is 42.4 Å². The van der Waals surface area contributed by atoms with Crippen molar-refractivity contribution in [3.05, 3.63) is 71.8 Å². The maximum absolute atomic E-state index is 12.6. The predicted octanol–water partition coefficient (Wildman–Crippen LogP) is 0.630. The largest absolute Gasteiger partial charge is 0.445 e. The van der Waals surface area contributed by atoms with E-state index in [0.29, 0.717) is 0 Å². The van der Waals surface area contributed by atoms with Crippen LogP contribution >= 0.6 is 0 Å². The van der Waals surface area contributed by atoms with E-state index in [1.807, 2.05) is 60.7 Å². The number of nitrogens with two attached hydrogens (primary N) is 1. The van der Waals surface area contributed by atoms with Crippen LogP contribution in [0.5, 0.6) is 0 Å². The number of ether oxygens (including phenoxy) is 1. The monoisotopic (exact) mass is 426 g/mol. The van der Waals surface area contributed by atoms with Crippen molar-refractivity contribution < 1.29 is 23.9 Å². The number of rotatable bonds is 10. The zero-order chi connectivity index (χ0) is 22.6. The molecule has 0 aliphatic rings. The van der Waals surface area contributed by atoms with Crippen LogP contribution in [0.3, 0.4) is 0 Å². The van der Waals surface area contributed by atoms with Crippen LogP contribution in [0.1, 0.15) is 18.1 Å². The predicted molar refractivity (Wildman–Crippen MR) is 114 cm³/mol. The first-order valence-corrected chi connectivity index (χ1v) is 9.72. The fourth-order valence-corrected chi connectivity index (χ4v) is 2.62. The summed E-state index contributed by atoms with van der Waals surface area (Å²) in [4.78, 5) is 47.8. The smallest absolute Gasteiger partial charge is 0.408 e. The third kappa shape index (κ3) is 8.57. The number of nitrogens with one attached hydrogen (secondary N) is 3. The zero-order valence-electron chi connectivity index (χ0n) is 17.2. The molecule has 9 heteroatoms. The molecule has 0 aliphatic heterocycles. The van der Waals surface area contributed by atoms with Gasteiger partial charge in [0, 0.05) is 6.42 Å². The van der Waals surface area contributed by atoms with Crippen LogP contribution in [0.15, 0.2) is 60.7 Å². The van der Waals surface area contributed by atoms with Crippen molar-refractivity contribution in [3.8, 4) is 0 Å². The average molecular weight is 426 g/mol. The van der Waals surface area contributed by atoms with Crippen LogP contribution in [-0.2, 0) is 32.1 Å². The zero-order valence-corrected chi connectivity index (χ0v) is 17.2. The second kappa shape index (κ2) is 12.0. The Labute approximate surface area is 180 Å². The molecule has 2 rings (SSSR count). The van der Waals surface area contributed by atoms with Crippen LogP contribution in [0.2, 0.25) is 0 Å². The number of hydrogen-bond acceptors (Lipinski definition) is 5. The molecule has 2 aromatic rings. The molecule has 0 radical (unpaired) electrons. The number of carbonyl (C=O) groups excluding carboxylic acids is 4. The first-order chi connectivity index (χ1) is 14.8. The number of carbonyl (C=O) groups is 4. The van der Waals surface area contributed by atoms with Gasteiger partial charge in [0.1, 0.15) is 18.7 Å². The second-order valence-corrected chi connectivity index (χ2v) is 6.86. The second-order valence-electron chi connectivity index (χ2n) is 6.86. The van der Waals surface area contributed by atoms with Crippen LogP contribution < -0.4 is 21.7 Å². The van der Waals surface area contributed by atoms with E-state index in [4.69, 9.17) is 10.5 Å². The summed E-state index contributed by atoms with van der Waals surface area (Å²) in [5.41, 5.74) is 6.72. The summed E-state index contributed by atoms with van der Waals surface area (Å²) in [6, 6.07) is 16.4. The third-order valence-corrected chi connectivity index (χ3v) is 4.33. The maximum Gasteiger partial charge on any atom is 0.408 e. The molecule has 0 spiro atoms. The van der Waals surface area contributed by atoms with Crippen molar-refractivity contribution in [2.24, 2.45) is 5.73 Å². The lowest BCUT2D eigenvalue weighted by molar-refractivity contribution is -0.129. The van der Waals surface area contributed by atoms with E-state index < -0.39 is 35.9 Å². The average Bonchev–Trinajstić information content (AvgIpc) is 2.77. The van der Waals surface area contributed by atoms with Gasteiger partial charge in [-0.15, -0.1) is 0 Å². The number of hydrogen-bond donors (Lipinski definition) is 4. The quantitative estimate of drug-likeness (QED) is 0.441. The Bertz CT molecular complexity index is 889. The van der Waals surface area contributed by atoms with E-state index in [1.54, 1.807) is 0 Å². The molecule has 2 aromatic carbocycles. The molecule has 0 heterocycles. The molecule has 0 fully saturated rings. The number of benzene rings is 2. The first kappa shape index (κ1) is 23.4. The fourth-order valence-electron chi connectivity index (χ4n) is 2.62. The van der Waals surface area contributed by atoms with Gasteiger partial charge in [0.05, 0.1) is 6.54 Å². The van der Waals surface area contributed by atoms with Gasteiger partial charge >= 0.3 is 6.09 Å². The van der Waals surface area contributed by atoms with Crippen molar-refractivity contribution >= 4 is 23.8 Å². The summed E-state index contributed by atoms with van der Waals surface area (Å²) in [5, 5.41) is 7.35. The Hall–Kier alpha value is -3.88. The summed E-state index contributed by atoms with van der Waals surface area (Å²) in [7, 11) is 0. The topological polar surface area (TPSA) is 140 Å². The molecule has 164 valence electrons. The first-order valence-electron chi connectivity index (χ1n) is 9.72. The highest BCUT2D eigenvalue weighted by atomic mass is 16.5. The highest BCUT2D eigenvalue weighted by molar-refractivity contribution is 5.91. The molecule has 31 heavy (non-hydrogen) atoms. The molecule has 0 bridgehead atoms. The Balaban J connectivity index is 1.95. The molecule has 2 atom stereocenters. The van der Waals surface area contributed by atoms with Crippen molar-refractivity contribution in [1.82, 2.24) is 16.0 Å². The van der Waals surface area contributed by atoms with Crippen LogP contribution in [0.4, 0.5) is 4.79 Å². The van der Waals surface area contributed by atoms with E-state index in [1.165, 1.54) is 6.92 Å². The molecule has 5 N–H and O–H groups in total. The van der Waals surface area contributed by atoms with Crippen LogP contribution in [0, 0.1) is 0 Å². The summed E-state index contributed by atoms with van der Waals surface area (Å²) in [6.07, 6.45) is -0.557. The molecule has 0 unspecified atom stereocenters. The summed E-state index contributed by atoms with van der Waals surface area (Å²) >= 11 is 0. The summed E-state index contributed by atoms with van der Waals surface area (Å²) < 4.78 is 5.19. The minimum absolute atomic E-state index is 0.0553. The lowest BCUT2D eigenvalue weighted by Gasteiger charge is -2.19. The SMILES string of the molecule is C[C@H](NC(=O)CNC(=O)[C@@H](Cc1ccccc1)NC(=O)OCc1ccccc1)C(N)=O. The van der Waals surface area contributed by atoms with Gasteiger partial charge in [0.25, 0.3) is 0 Å². The van der Waals surface area contributed by atoms with E-state index in [2.05, 4.69) is 16.0 Å². The van der Waals surface area contributed by atoms with Gasteiger partial charge in [0.2, 0.25) is 17.7 Å². The normalized spacial score (nSPS) is 12.2. The number of alkyl carbamates (subject to hydrolysis) is 1. The third-order valence-electron chi connectivity index (χ3n) is 4.33. The van der Waals surface area contributed by atoms with Crippen molar-refractivity contribution in [1.29, 1.82) is 0 Å². The van der Waals surface area contributed by atoms with Crippen molar-refractivity contribution in [3.63, 3.8) is 0 Å². The molecule has 0 aromatic heterocycles. The number of amides is 4. The molecule has 0 saturated carbocycles. The Morgan fingerprint density at radius 3 is 2.06 bits per heavy atom. The van der Waals surface area contributed by atoms with Crippen molar-refractivity contribution in [2.45, 2.75) is 32.0 Å². The van der Waals surface area contributed by atoms with Gasteiger partial charge in [-0.05, 0) is 18.1 Å². The van der Waals surface area contributed by atoms with Gasteiger partial charge in [0.15, 0.2) is 0 Å². The van der Waals surface area contributed by atoms with Gasteiger partial charge < -0.3 is 26.4 Å². The molecule has 0 saturated heterocycles. The van der Waals surface area contributed by atoms with Crippen LogP contribution in [0.25, 0.3) is 0 Å². The Kier molecular flexibility index (Phi) is 9.03. The highest BCUT2D eigenvalue weighted by Gasteiger charge is 2.23. The lowest BCUT2D eigenvalue weighted by Crippen LogP contribution is -2.51. The Morgan fingerprint density at radius 2 is 1.48 bits per heavy atom. The molecule has 9 nitrogen and oxygen atoms in total. The van der Waals surface area contributed by atoms with Gasteiger partial charge in [-0.25, -0.2) is 4.79 Å². The maximum atomic E-state index is 12.6. The molecule has 0 aliphatic carbocycles. The van der Waals surface area contributed by atoms with E-state index in [-0.39, 0.29) is 19.6 Å². The van der Waals surface area contributed by atoms with Gasteiger partial charge in [-0.1, -0.05) is 60.7 Å². The van der Waals surface area contributed by atoms with E-state index in [0.717, 1.165) is 11.1 Å². The van der Waals surface area contributed by atoms with Crippen molar-refractivity contribution in [2.75, 3.05) is 6.54 Å². The van der Waals surface area contributed by atoms with E-state index in [9.17, 15) is 19.2 Å². The summed E-state index contributed by atoms with van der Waals surface area (Å²) in [6.45, 7) is 1.12. The van der Waals surface area contributed by atoms with E-state index >= 15 is 0 Å². The number of primary amides is 1. The molecular weight excluding hydrogens is 400 g/mol. The molecule has 4 amide bonds. The lowest BCUT2D eigenvalue weighted by atomic mass is 10.1. The minimum atomic E-state index is -0.966. The summed E-state index contributed by atoms with van der Waals surface area (Å²) in [5.74, 6) is -1.84. The Morgan fingerprint density at radius 1 is 0.903 bits per heavy atom. The highest BCUT2D eigenvalue weighted by Crippen LogP contribution is 2.05. The standard InChI is InChI=1S/C22H26N4O5/c1-15(20(23)28)25-19(27)13-24-21(29)18(12-16-8-4-2-5-9-16)26-22(30)31-14-17-10-6-3-7-11-17/h2-11,15,18H,12-14H2,1H3,(H2,23,28)(H,24,29)(H,25,27)(H,26,30)/t15-,18+/m0/s1. The van der Waals surface area contributed by atoms with Gasteiger partial charge in [-0.2, -0.15) is 0 Å².